The van der Waals surface area contributed by atoms with Gasteiger partial charge in [-0.1, -0.05) is 12.1 Å². The van der Waals surface area contributed by atoms with Gasteiger partial charge in [0.15, 0.2) is 6.54 Å². The van der Waals surface area contributed by atoms with Crippen LogP contribution in [0.15, 0.2) is 42.5 Å². The molecule has 26 heavy (non-hydrogen) atoms. The maximum absolute atomic E-state index is 13.7. The smallest absolute Gasteiger partial charge is 0.337 e. The summed E-state index contributed by atoms with van der Waals surface area (Å²) in [6, 6.07) is 9.79. The second-order valence-corrected chi connectivity index (χ2v) is 5.86. The molecule has 0 heterocycles. The molecule has 2 aromatic rings. The minimum atomic E-state index is -0.630. The van der Waals surface area contributed by atoms with Crippen molar-refractivity contribution in [3.05, 3.63) is 70.8 Å². The molecule has 0 aliphatic rings. The number of methoxy groups -OCH3 is 1. The van der Waals surface area contributed by atoms with Gasteiger partial charge in [0, 0.05) is 18.2 Å². The number of esters is 1. The first kappa shape index (κ1) is 19.5. The topological polar surface area (TPSA) is 72.0 Å². The molecule has 0 saturated carbocycles. The summed E-state index contributed by atoms with van der Waals surface area (Å²) in [5.41, 5.74) is 1.62. The average molecular weight is 363 g/mol. The van der Waals surface area contributed by atoms with Crippen LogP contribution in [0.4, 0.5) is 8.78 Å². The third-order valence-corrected chi connectivity index (χ3v) is 3.97. The number of halogens is 2. The number of amides is 1. The van der Waals surface area contributed by atoms with Crippen molar-refractivity contribution in [1.29, 1.82) is 0 Å². The first-order valence-corrected chi connectivity index (χ1v) is 8.13. The van der Waals surface area contributed by atoms with Gasteiger partial charge in [0.2, 0.25) is 0 Å². The summed E-state index contributed by atoms with van der Waals surface area (Å²) in [7, 11) is 1.31. The zero-order chi connectivity index (χ0) is 19.1. The van der Waals surface area contributed by atoms with Crippen LogP contribution in [0.5, 0.6) is 0 Å². The highest BCUT2D eigenvalue weighted by Gasteiger charge is 2.16. The molecule has 0 fully saturated rings. The van der Waals surface area contributed by atoms with E-state index in [1.165, 1.54) is 19.2 Å². The minimum Gasteiger partial charge on any atom is -0.465 e. The molecule has 0 unspecified atom stereocenters. The Morgan fingerprint density at radius 3 is 2.46 bits per heavy atom. The van der Waals surface area contributed by atoms with Crippen molar-refractivity contribution >= 4 is 11.9 Å². The predicted octanol–water partition coefficient (Wildman–Crippen LogP) is 1.69. The molecule has 0 aliphatic carbocycles. The van der Waals surface area contributed by atoms with Gasteiger partial charge in [-0.25, -0.2) is 13.6 Å². The second-order valence-electron chi connectivity index (χ2n) is 5.86. The Morgan fingerprint density at radius 1 is 1.15 bits per heavy atom. The van der Waals surface area contributed by atoms with Crippen molar-refractivity contribution in [3.63, 3.8) is 0 Å². The fourth-order valence-corrected chi connectivity index (χ4v) is 2.43. The molecule has 5 nitrogen and oxygen atoms in total. The monoisotopic (exact) mass is 363 g/mol. The molecule has 138 valence electrons. The van der Waals surface area contributed by atoms with E-state index in [4.69, 9.17) is 0 Å². The maximum atomic E-state index is 13.7. The number of ether oxygens (including phenoxy) is 1. The summed E-state index contributed by atoms with van der Waals surface area (Å²) in [5.74, 6) is -1.89. The molecular formula is C19H21F2N2O3+. The summed E-state index contributed by atoms with van der Waals surface area (Å²) in [4.78, 5) is 23.3. The number of carbonyl (C=O) groups is 2. The molecule has 0 aromatic heterocycles. The van der Waals surface area contributed by atoms with Crippen LogP contribution < -0.4 is 10.6 Å². The second kappa shape index (κ2) is 9.05. The average Bonchev–Trinajstić information content (AvgIpc) is 2.64. The van der Waals surface area contributed by atoms with Crippen molar-refractivity contribution in [1.82, 2.24) is 5.32 Å². The third-order valence-electron chi connectivity index (χ3n) is 3.97. The number of nitrogens with one attached hydrogen (secondary N) is 1. The number of hydrogen-bond donors (Lipinski definition) is 2. The summed E-state index contributed by atoms with van der Waals surface area (Å²) < 4.78 is 31.3. The highest BCUT2D eigenvalue weighted by molar-refractivity contribution is 5.89. The van der Waals surface area contributed by atoms with Gasteiger partial charge in [0.1, 0.15) is 17.7 Å². The molecule has 1 atom stereocenters. The fourth-order valence-electron chi connectivity index (χ4n) is 2.43. The number of benzene rings is 2. The number of quaternary nitrogens is 1. The van der Waals surface area contributed by atoms with Crippen molar-refractivity contribution in [2.24, 2.45) is 0 Å². The van der Waals surface area contributed by atoms with Crippen LogP contribution in [0.25, 0.3) is 0 Å². The quantitative estimate of drug-likeness (QED) is 0.736. The van der Waals surface area contributed by atoms with Gasteiger partial charge in [-0.15, -0.1) is 0 Å². The van der Waals surface area contributed by atoms with Gasteiger partial charge in [-0.05, 0) is 36.8 Å². The lowest BCUT2D eigenvalue weighted by atomic mass is 10.1. The van der Waals surface area contributed by atoms with Crippen molar-refractivity contribution in [2.75, 3.05) is 13.7 Å². The predicted molar refractivity (Wildman–Crippen MR) is 91.2 cm³/mol. The number of nitrogens with two attached hydrogens (primary N) is 1. The van der Waals surface area contributed by atoms with Gasteiger partial charge >= 0.3 is 5.97 Å². The van der Waals surface area contributed by atoms with E-state index in [0.717, 1.165) is 11.6 Å². The zero-order valence-electron chi connectivity index (χ0n) is 14.6. The SMILES string of the molecule is COC(=O)c1ccc(CNC(=O)C[NH2+][C@@H](C)c2ccc(F)cc2F)cc1. The van der Waals surface area contributed by atoms with E-state index in [9.17, 15) is 18.4 Å². The van der Waals surface area contributed by atoms with E-state index in [-0.39, 0.29) is 18.5 Å². The van der Waals surface area contributed by atoms with Crippen LogP contribution in [0.3, 0.4) is 0 Å². The molecule has 7 heteroatoms. The van der Waals surface area contributed by atoms with Gasteiger partial charge in [-0.3, -0.25) is 4.79 Å². The Balaban J connectivity index is 1.80. The minimum absolute atomic E-state index is 0.109. The number of rotatable bonds is 7. The maximum Gasteiger partial charge on any atom is 0.337 e. The van der Waals surface area contributed by atoms with E-state index in [0.29, 0.717) is 17.7 Å². The van der Waals surface area contributed by atoms with Crippen molar-refractivity contribution in [3.8, 4) is 0 Å². The van der Waals surface area contributed by atoms with Crippen LogP contribution in [-0.2, 0) is 16.1 Å². The number of carbonyl (C=O) groups excluding carboxylic acids is 2. The lowest BCUT2D eigenvalue weighted by Crippen LogP contribution is -2.87. The summed E-state index contributed by atoms with van der Waals surface area (Å²) in [6.45, 7) is 2.17. The molecular weight excluding hydrogens is 342 g/mol. The Morgan fingerprint density at radius 2 is 1.85 bits per heavy atom. The molecule has 2 aromatic carbocycles. The zero-order valence-corrected chi connectivity index (χ0v) is 14.6. The highest BCUT2D eigenvalue weighted by atomic mass is 19.1. The van der Waals surface area contributed by atoms with Crippen molar-refractivity contribution < 1.29 is 28.4 Å². The normalized spacial score (nSPS) is 11.7. The van der Waals surface area contributed by atoms with Gasteiger partial charge < -0.3 is 15.4 Å². The van der Waals surface area contributed by atoms with Crippen LogP contribution >= 0.6 is 0 Å². The van der Waals surface area contributed by atoms with Crippen LogP contribution in [0.2, 0.25) is 0 Å². The Labute approximate surface area is 150 Å². The van der Waals surface area contributed by atoms with Crippen LogP contribution in [0.1, 0.15) is 34.5 Å². The molecule has 0 spiro atoms. The van der Waals surface area contributed by atoms with Crippen LogP contribution in [-0.4, -0.2) is 25.5 Å². The standard InChI is InChI=1S/C19H20F2N2O3/c1-12(16-8-7-15(20)9-17(16)21)22-11-18(24)23-10-13-3-5-14(6-4-13)19(25)26-2/h3-9,12,22H,10-11H2,1-2H3,(H,23,24)/p+1/t12-/m0/s1. The molecule has 3 N–H and O–H groups in total. The summed E-state index contributed by atoms with van der Waals surface area (Å²) in [6.07, 6.45) is 0. The lowest BCUT2D eigenvalue weighted by molar-refractivity contribution is -0.682. The van der Waals surface area contributed by atoms with Crippen molar-refractivity contribution in [2.45, 2.75) is 19.5 Å². The Hall–Kier alpha value is -2.80. The first-order chi connectivity index (χ1) is 12.4. The number of hydrogen-bond acceptors (Lipinski definition) is 3. The Bertz CT molecular complexity index is 779. The fraction of sp³-hybridized carbons (Fsp3) is 0.263. The summed E-state index contributed by atoms with van der Waals surface area (Å²) in [5, 5.41) is 4.42. The first-order valence-electron chi connectivity index (χ1n) is 8.13. The molecule has 0 aliphatic heterocycles. The highest BCUT2D eigenvalue weighted by Crippen LogP contribution is 2.14. The largest absolute Gasteiger partial charge is 0.465 e. The molecule has 2 rings (SSSR count). The van der Waals surface area contributed by atoms with Gasteiger partial charge in [0.05, 0.1) is 12.7 Å². The van der Waals surface area contributed by atoms with Crippen LogP contribution in [0, 0.1) is 11.6 Å². The van der Waals surface area contributed by atoms with E-state index in [1.807, 2.05) is 0 Å². The molecule has 0 radical (unpaired) electrons. The molecule has 0 saturated heterocycles. The van der Waals surface area contributed by atoms with E-state index in [2.05, 4.69) is 10.1 Å². The van der Waals surface area contributed by atoms with E-state index in [1.54, 1.807) is 36.5 Å². The third kappa shape index (κ3) is 5.35. The molecule has 1 amide bonds. The lowest BCUT2D eigenvalue weighted by Gasteiger charge is -2.12. The van der Waals surface area contributed by atoms with E-state index >= 15 is 0 Å². The van der Waals surface area contributed by atoms with E-state index < -0.39 is 17.6 Å². The molecule has 0 bridgehead atoms. The Kier molecular flexibility index (Phi) is 6.80. The van der Waals surface area contributed by atoms with Gasteiger partial charge in [0.25, 0.3) is 5.91 Å². The summed E-state index contributed by atoms with van der Waals surface area (Å²) >= 11 is 0. The van der Waals surface area contributed by atoms with Gasteiger partial charge in [-0.2, -0.15) is 0 Å².